The Balaban J connectivity index is 0.00000289. The summed E-state index contributed by atoms with van der Waals surface area (Å²) in [7, 11) is 1.86. The molecule has 183 valence electrons. The number of fused-ring (bicyclic) bond motifs is 3. The van der Waals surface area contributed by atoms with Gasteiger partial charge < -0.3 is 20.1 Å². The molecule has 0 unspecified atom stereocenters. The minimum Gasteiger partial charge on any atom is -0.661 e. The molecule has 1 aliphatic heterocycles. The maximum Gasteiger partial charge on any atom is 1.00 e. The number of rotatable bonds is 7. The van der Waals surface area contributed by atoms with E-state index in [4.69, 9.17) is 4.74 Å². The zero-order chi connectivity index (χ0) is 23.8. The van der Waals surface area contributed by atoms with Crippen LogP contribution < -0.4 is 9.64 Å². The third-order valence-corrected chi connectivity index (χ3v) is 6.85. The molecule has 0 spiro atoms. The van der Waals surface area contributed by atoms with Crippen LogP contribution in [0.15, 0.2) is 48.5 Å². The van der Waals surface area contributed by atoms with Gasteiger partial charge in [-0.05, 0) is 18.2 Å². The Morgan fingerprint density at radius 2 is 1.94 bits per heavy atom. The van der Waals surface area contributed by atoms with Crippen LogP contribution in [0, 0.1) is 23.6 Å². The smallest absolute Gasteiger partial charge is 0.661 e. The number of anilines is 2. The van der Waals surface area contributed by atoms with E-state index in [0.717, 1.165) is 11.4 Å². The molecule has 0 saturated heterocycles. The largest absolute Gasteiger partial charge is 1.00 e. The van der Waals surface area contributed by atoms with Crippen LogP contribution in [-0.4, -0.2) is 30.7 Å². The van der Waals surface area contributed by atoms with Crippen molar-refractivity contribution in [2.24, 2.45) is 5.92 Å². The van der Waals surface area contributed by atoms with Crippen molar-refractivity contribution in [3.8, 4) is 16.9 Å². The number of hydrogen-bond donors (Lipinski definition) is 1. The van der Waals surface area contributed by atoms with Crippen molar-refractivity contribution in [3.63, 3.8) is 0 Å². The van der Waals surface area contributed by atoms with Gasteiger partial charge in [0.05, 0.1) is 5.56 Å². The second-order valence-electron chi connectivity index (χ2n) is 8.73. The first kappa shape index (κ1) is 25.3. The molecule has 3 aromatic carbocycles. The van der Waals surface area contributed by atoms with Crippen molar-refractivity contribution in [2.75, 3.05) is 18.5 Å². The number of para-hydroxylation sites is 1. The maximum atomic E-state index is 14.6. The first-order chi connectivity index (χ1) is 16.5. The minimum absolute atomic E-state index is 0. The fourth-order valence-corrected chi connectivity index (χ4v) is 4.70. The van der Waals surface area contributed by atoms with Gasteiger partial charge in [-0.25, -0.2) is 13.6 Å². The van der Waals surface area contributed by atoms with Gasteiger partial charge in [0.25, 0.3) is 0 Å². The Morgan fingerprint density at radius 3 is 2.57 bits per heavy atom. The third kappa shape index (κ3) is 4.70. The van der Waals surface area contributed by atoms with Crippen molar-refractivity contribution in [1.29, 1.82) is 0 Å². The molecule has 1 aliphatic carbocycles. The molecule has 5 nitrogen and oxygen atoms in total. The van der Waals surface area contributed by atoms with Crippen molar-refractivity contribution in [3.05, 3.63) is 82.7 Å². The van der Waals surface area contributed by atoms with E-state index in [0.29, 0.717) is 29.3 Å². The number of carbonyl (C=O) groups is 1. The molecule has 2 aliphatic rings. The average molecular weight is 653 g/mol. The molecule has 1 fully saturated rings. The van der Waals surface area contributed by atoms with Gasteiger partial charge in [-0.2, -0.15) is 19.2 Å². The second-order valence-corrected chi connectivity index (χ2v) is 8.73. The normalized spacial score (nSPS) is 15.1. The van der Waals surface area contributed by atoms with Crippen LogP contribution in [0.4, 0.5) is 20.2 Å². The van der Waals surface area contributed by atoms with Crippen LogP contribution in [0.1, 0.15) is 35.2 Å². The fraction of sp³-hybridized carbons (Fsp3) is 0.296. The predicted molar refractivity (Wildman–Crippen MR) is 126 cm³/mol. The standard InChI is InChI=1S/C27H24F2N2O3.Os/c1-30-23(16-6-5-7-16)14-31(17-8-3-2-4-9-17)18-10-11-19-20-13-21(27(32)33)25(28)26(29)22(20)15-34-24(19)12-18;/h2-4,8-9,11-13,16,23H,5-7,14-15H2,1H3,(H,32,33);/q-2;+1/t23-;/m0./s1. The molecule has 1 saturated carbocycles. The summed E-state index contributed by atoms with van der Waals surface area (Å²) in [6.45, 7) is 0.495. The molecule has 1 atom stereocenters. The number of ether oxygens (including phenoxy) is 1. The summed E-state index contributed by atoms with van der Waals surface area (Å²) in [5, 5.41) is 13.9. The summed E-state index contributed by atoms with van der Waals surface area (Å²) in [6, 6.07) is 18.0. The quantitative estimate of drug-likeness (QED) is 0.303. The van der Waals surface area contributed by atoms with E-state index < -0.39 is 23.2 Å². The van der Waals surface area contributed by atoms with Crippen LogP contribution in [-0.2, 0) is 26.4 Å². The van der Waals surface area contributed by atoms with Crippen molar-refractivity contribution in [1.82, 2.24) is 0 Å². The van der Waals surface area contributed by atoms with E-state index >= 15 is 0 Å². The molecule has 1 N–H and O–H groups in total. The summed E-state index contributed by atoms with van der Waals surface area (Å²) in [6.07, 6.45) is 3.58. The Morgan fingerprint density at radius 1 is 1.20 bits per heavy atom. The Labute approximate surface area is 216 Å². The summed E-state index contributed by atoms with van der Waals surface area (Å²) < 4.78 is 34.6. The summed E-state index contributed by atoms with van der Waals surface area (Å²) in [5.41, 5.74) is 1.85. The second kappa shape index (κ2) is 10.4. The van der Waals surface area contributed by atoms with Crippen LogP contribution >= 0.6 is 0 Å². The summed E-state index contributed by atoms with van der Waals surface area (Å²) in [4.78, 5) is 13.6. The zero-order valence-electron chi connectivity index (χ0n) is 19.1. The van der Waals surface area contributed by atoms with Gasteiger partial charge in [0.2, 0.25) is 0 Å². The van der Waals surface area contributed by atoms with Gasteiger partial charge in [0, 0.05) is 23.5 Å². The van der Waals surface area contributed by atoms with Gasteiger partial charge in [0.1, 0.15) is 6.61 Å². The number of carboxylic acids is 1. The summed E-state index contributed by atoms with van der Waals surface area (Å²) in [5.74, 6) is -3.06. The first-order valence-electron chi connectivity index (χ1n) is 11.3. The van der Waals surface area contributed by atoms with Crippen LogP contribution in [0.25, 0.3) is 16.4 Å². The number of aromatic carboxylic acids is 1. The number of carboxylic acid groups (broad SMARTS) is 1. The van der Waals surface area contributed by atoms with E-state index in [2.05, 4.69) is 16.3 Å². The van der Waals surface area contributed by atoms with E-state index in [1.807, 2.05) is 43.4 Å². The third-order valence-electron chi connectivity index (χ3n) is 6.85. The van der Waals surface area contributed by atoms with E-state index in [1.165, 1.54) is 25.3 Å². The van der Waals surface area contributed by atoms with E-state index in [-0.39, 0.29) is 38.0 Å². The molecular formula is C27H24F2N2O3Os-. The molecule has 8 heteroatoms. The number of halogens is 2. The van der Waals surface area contributed by atoms with Gasteiger partial charge in [0.15, 0.2) is 11.6 Å². The van der Waals surface area contributed by atoms with Gasteiger partial charge in [-0.1, -0.05) is 60.2 Å². The molecule has 1 heterocycles. The number of nitrogens with zero attached hydrogens (tertiary/aromatic N) is 2. The Hall–Kier alpha value is -2.81. The van der Waals surface area contributed by atoms with Crippen LogP contribution in [0.2, 0.25) is 0 Å². The van der Waals surface area contributed by atoms with Crippen molar-refractivity contribution >= 4 is 17.3 Å². The Bertz CT molecular complexity index is 1230. The van der Waals surface area contributed by atoms with Gasteiger partial charge >= 0.3 is 25.8 Å². The minimum atomic E-state index is -1.52. The van der Waals surface area contributed by atoms with E-state index in [9.17, 15) is 18.7 Å². The molecular weight excluding hydrogens is 629 g/mol. The van der Waals surface area contributed by atoms with Crippen molar-refractivity contribution in [2.45, 2.75) is 31.9 Å². The van der Waals surface area contributed by atoms with Crippen molar-refractivity contribution < 1.29 is 43.2 Å². The fourth-order valence-electron chi connectivity index (χ4n) is 4.70. The average Bonchev–Trinajstić information content (AvgIpc) is 2.82. The van der Waals surface area contributed by atoms with Crippen LogP contribution in [0.5, 0.6) is 5.75 Å². The van der Waals surface area contributed by atoms with Crippen LogP contribution in [0.3, 0.4) is 0 Å². The Kier molecular flexibility index (Phi) is 7.54. The van der Waals surface area contributed by atoms with Gasteiger partial charge in [-0.3, -0.25) is 0 Å². The van der Waals surface area contributed by atoms with Gasteiger partial charge in [-0.15, -0.1) is 12.1 Å². The first-order valence-corrected chi connectivity index (χ1v) is 11.3. The molecule has 0 bridgehead atoms. The summed E-state index contributed by atoms with van der Waals surface area (Å²) >= 11 is 0. The molecule has 0 amide bonds. The number of hydrogen-bond acceptors (Lipinski definition) is 3. The topological polar surface area (TPSA) is 63.9 Å². The monoisotopic (exact) mass is 654 g/mol. The molecule has 0 aromatic heterocycles. The molecule has 35 heavy (non-hydrogen) atoms. The zero-order valence-corrected chi connectivity index (χ0v) is 21.6. The van der Waals surface area contributed by atoms with E-state index in [1.54, 1.807) is 6.07 Å². The SMILES string of the molecule is C[N-][C@@H](CN(c1[c-]cc2c(c1)OCc1c-2cc(C(=O)O)c(F)c1F)c1ccccc1)C1CCC1.[Os+]. The number of likely N-dealkylation sites (N-methyl/N-ethyl adjacent to an activating group) is 1. The molecule has 1 radical (unpaired) electrons. The predicted octanol–water partition coefficient (Wildman–Crippen LogP) is 6.33. The molecule has 5 rings (SSSR count). The molecule has 3 aromatic rings. The number of benzene rings is 3. The maximum absolute atomic E-state index is 14.6.